The highest BCUT2D eigenvalue weighted by Crippen LogP contribution is 2.14. The molecule has 2 atom stereocenters. The van der Waals surface area contributed by atoms with E-state index in [0.29, 0.717) is 26.0 Å². The first-order chi connectivity index (χ1) is 17.0. The second kappa shape index (κ2) is 15.0. The Morgan fingerprint density at radius 3 is 1.97 bits per heavy atom. The van der Waals surface area contributed by atoms with Gasteiger partial charge < -0.3 is 14.8 Å². The number of benzene rings is 3. The average molecular weight is 533 g/mol. The first-order valence-corrected chi connectivity index (χ1v) is 12.6. The largest absolute Gasteiger partial charge is 0.463 e. The topological polar surface area (TPSA) is 111 Å². The summed E-state index contributed by atoms with van der Waals surface area (Å²) in [6, 6.07) is 26.3. The van der Waals surface area contributed by atoms with Crippen LogP contribution in [0.2, 0.25) is 0 Å². The Hall–Kier alpha value is -3.24. The Labute approximate surface area is 217 Å². The predicted octanol–water partition coefficient (Wildman–Crippen LogP) is 3.22. The maximum Gasteiger partial charge on any atom is 0.323 e. The molecule has 2 unspecified atom stereocenters. The average Bonchev–Trinajstić information content (AvgIpc) is 3.36. The minimum atomic E-state index is -3.59. The number of rotatable bonds is 9. The van der Waals surface area contributed by atoms with Crippen LogP contribution < -0.4 is 10.0 Å². The van der Waals surface area contributed by atoms with Crippen LogP contribution in [0.4, 0.5) is 0 Å². The molecule has 192 valence electrons. The molecular formula is C26H29ClN2O6S. The summed E-state index contributed by atoms with van der Waals surface area (Å²) < 4.78 is 37.1. The van der Waals surface area contributed by atoms with E-state index >= 15 is 0 Å². The van der Waals surface area contributed by atoms with Crippen LogP contribution in [0.25, 0.3) is 0 Å². The Balaban J connectivity index is 0.000000350. The van der Waals surface area contributed by atoms with Gasteiger partial charge in [-0.3, -0.25) is 9.59 Å². The molecule has 0 saturated carbocycles. The summed E-state index contributed by atoms with van der Waals surface area (Å²) in [5, 5.41) is 3.02. The van der Waals surface area contributed by atoms with Gasteiger partial charge in [0.2, 0.25) is 10.0 Å². The zero-order valence-electron chi connectivity index (χ0n) is 19.5. The molecule has 1 heterocycles. The Morgan fingerprint density at radius 2 is 1.42 bits per heavy atom. The normalized spacial score (nSPS) is 16.6. The number of carbonyl (C=O) groups is 2. The van der Waals surface area contributed by atoms with Gasteiger partial charge in [0.25, 0.3) is 6.47 Å². The number of halogens is 1. The fraction of sp³-hybridized carbons (Fsp3) is 0.231. The summed E-state index contributed by atoms with van der Waals surface area (Å²) in [6.45, 7) is 1.41. The van der Waals surface area contributed by atoms with Gasteiger partial charge in [-0.15, -0.1) is 12.4 Å². The number of esters is 1. The Bertz CT molecular complexity index is 1160. The monoisotopic (exact) mass is 532 g/mol. The molecule has 0 radical (unpaired) electrons. The van der Waals surface area contributed by atoms with E-state index in [1.165, 1.54) is 12.1 Å². The Morgan fingerprint density at radius 1 is 0.889 bits per heavy atom. The molecule has 0 bridgehead atoms. The summed E-state index contributed by atoms with van der Waals surface area (Å²) in [6.07, 6.45) is 0.361. The van der Waals surface area contributed by atoms with Crippen molar-refractivity contribution in [2.75, 3.05) is 6.54 Å². The van der Waals surface area contributed by atoms with E-state index in [0.717, 1.165) is 11.1 Å². The molecular weight excluding hydrogens is 504 g/mol. The van der Waals surface area contributed by atoms with Crippen molar-refractivity contribution in [2.24, 2.45) is 0 Å². The number of carbonyl (C=O) groups excluding carboxylic acids is 2. The lowest BCUT2D eigenvalue weighted by Gasteiger charge is -2.13. The summed E-state index contributed by atoms with van der Waals surface area (Å²) in [5.41, 5.74) is 1.92. The molecule has 2 N–H and O–H groups in total. The molecule has 0 spiro atoms. The van der Waals surface area contributed by atoms with E-state index in [2.05, 4.69) is 14.8 Å². The van der Waals surface area contributed by atoms with Crippen LogP contribution in [0.5, 0.6) is 0 Å². The van der Waals surface area contributed by atoms with Gasteiger partial charge in [0, 0.05) is 12.6 Å². The first kappa shape index (κ1) is 29.0. The van der Waals surface area contributed by atoms with Crippen LogP contribution in [-0.2, 0) is 42.3 Å². The van der Waals surface area contributed by atoms with Gasteiger partial charge in [0.15, 0.2) is 0 Å². The van der Waals surface area contributed by atoms with Crippen molar-refractivity contribution in [1.29, 1.82) is 0 Å². The van der Waals surface area contributed by atoms with Crippen molar-refractivity contribution in [2.45, 2.75) is 36.6 Å². The van der Waals surface area contributed by atoms with Crippen LogP contribution >= 0.6 is 12.4 Å². The standard InChI is InChI=1S/C18H20N2O4S.C8H8O2.ClH/c21-18(24-13-14-7-3-1-4-8-14)17-11-15(12-19-17)20-25(22,23)16-9-5-2-6-10-16;9-7-10-6-8-4-2-1-3-5-8;/h1-10,15,17,19-20H,11-13H2;1-5,7H,6H2;1H. The molecule has 1 aliphatic heterocycles. The predicted molar refractivity (Wildman–Crippen MR) is 138 cm³/mol. The van der Waals surface area contributed by atoms with Crippen LogP contribution in [0, 0.1) is 0 Å². The zero-order chi connectivity index (χ0) is 24.9. The molecule has 10 heteroatoms. The molecule has 1 fully saturated rings. The molecule has 3 aromatic rings. The van der Waals surface area contributed by atoms with Crippen molar-refractivity contribution in [3.05, 3.63) is 102 Å². The maximum atomic E-state index is 12.3. The van der Waals surface area contributed by atoms with Gasteiger partial charge in [-0.2, -0.15) is 0 Å². The SMILES string of the molecule is Cl.O=C(OCc1ccccc1)C1CC(NS(=O)(=O)c2ccccc2)CN1.O=COCc1ccccc1. The zero-order valence-corrected chi connectivity index (χ0v) is 21.1. The van der Waals surface area contributed by atoms with Crippen molar-refractivity contribution in [1.82, 2.24) is 10.0 Å². The van der Waals surface area contributed by atoms with E-state index in [-0.39, 0.29) is 35.9 Å². The summed E-state index contributed by atoms with van der Waals surface area (Å²) >= 11 is 0. The van der Waals surface area contributed by atoms with Gasteiger partial charge in [-0.05, 0) is 29.7 Å². The number of sulfonamides is 1. The van der Waals surface area contributed by atoms with Crippen molar-refractivity contribution >= 4 is 34.9 Å². The minimum absolute atomic E-state index is 0. The van der Waals surface area contributed by atoms with Gasteiger partial charge in [0.1, 0.15) is 19.3 Å². The van der Waals surface area contributed by atoms with Gasteiger partial charge >= 0.3 is 5.97 Å². The summed E-state index contributed by atoms with van der Waals surface area (Å²) in [5.74, 6) is -0.370. The number of ether oxygens (including phenoxy) is 2. The lowest BCUT2D eigenvalue weighted by molar-refractivity contribution is -0.147. The molecule has 8 nitrogen and oxygen atoms in total. The molecule has 1 aliphatic rings. The highest BCUT2D eigenvalue weighted by Gasteiger charge is 2.33. The summed E-state index contributed by atoms with van der Waals surface area (Å²) in [7, 11) is -3.59. The minimum Gasteiger partial charge on any atom is -0.463 e. The van der Waals surface area contributed by atoms with Crippen LogP contribution in [0.1, 0.15) is 17.5 Å². The maximum absolute atomic E-state index is 12.3. The third-order valence-corrected chi connectivity index (χ3v) is 6.71. The third-order valence-electron chi connectivity index (χ3n) is 5.18. The molecule has 0 aliphatic carbocycles. The van der Waals surface area contributed by atoms with Crippen LogP contribution in [-0.4, -0.2) is 39.5 Å². The molecule has 0 amide bonds. The van der Waals surface area contributed by atoms with Crippen LogP contribution in [0.3, 0.4) is 0 Å². The van der Waals surface area contributed by atoms with Crippen molar-refractivity contribution in [3.63, 3.8) is 0 Å². The van der Waals surface area contributed by atoms with Crippen molar-refractivity contribution in [3.8, 4) is 0 Å². The van der Waals surface area contributed by atoms with E-state index < -0.39 is 16.1 Å². The molecule has 4 rings (SSSR count). The van der Waals surface area contributed by atoms with Crippen molar-refractivity contribution < 1.29 is 27.5 Å². The first-order valence-electron chi connectivity index (χ1n) is 11.1. The number of hydrogen-bond donors (Lipinski definition) is 2. The molecule has 36 heavy (non-hydrogen) atoms. The lowest BCUT2D eigenvalue weighted by Crippen LogP contribution is -2.36. The fourth-order valence-electron chi connectivity index (χ4n) is 3.43. The van der Waals surface area contributed by atoms with E-state index in [9.17, 15) is 18.0 Å². The highest BCUT2D eigenvalue weighted by molar-refractivity contribution is 7.89. The quantitative estimate of drug-likeness (QED) is 0.321. The van der Waals surface area contributed by atoms with Gasteiger partial charge in [-0.1, -0.05) is 78.9 Å². The van der Waals surface area contributed by atoms with Gasteiger partial charge in [0.05, 0.1) is 4.90 Å². The number of hydrogen-bond acceptors (Lipinski definition) is 7. The smallest absolute Gasteiger partial charge is 0.323 e. The highest BCUT2D eigenvalue weighted by atomic mass is 35.5. The molecule has 1 saturated heterocycles. The van der Waals surface area contributed by atoms with Crippen LogP contribution in [0.15, 0.2) is 95.9 Å². The number of nitrogens with one attached hydrogen (secondary N) is 2. The third kappa shape index (κ3) is 9.43. The van der Waals surface area contributed by atoms with E-state index in [4.69, 9.17) is 4.74 Å². The lowest BCUT2D eigenvalue weighted by atomic mass is 10.2. The van der Waals surface area contributed by atoms with Gasteiger partial charge in [-0.25, -0.2) is 13.1 Å². The second-order valence-electron chi connectivity index (χ2n) is 7.81. The molecule has 0 aromatic heterocycles. The van der Waals surface area contributed by atoms with E-state index in [1.807, 2.05) is 60.7 Å². The summed E-state index contributed by atoms with van der Waals surface area (Å²) in [4.78, 5) is 22.1. The second-order valence-corrected chi connectivity index (χ2v) is 9.53. The fourth-order valence-corrected chi connectivity index (χ4v) is 4.70. The Kier molecular flexibility index (Phi) is 12.1. The molecule has 3 aromatic carbocycles. The van der Waals surface area contributed by atoms with E-state index in [1.54, 1.807) is 18.2 Å².